The fourth-order valence-corrected chi connectivity index (χ4v) is 4.27. The molecule has 0 aliphatic carbocycles. The van der Waals surface area contributed by atoms with E-state index in [1.807, 2.05) is 30.3 Å². The highest BCUT2D eigenvalue weighted by atomic mass is 32.2. The van der Waals surface area contributed by atoms with E-state index in [4.69, 9.17) is 21.7 Å². The van der Waals surface area contributed by atoms with Crippen LogP contribution in [0.15, 0.2) is 47.4 Å². The first-order chi connectivity index (χ1) is 13.6. The Morgan fingerprint density at radius 2 is 1.86 bits per heavy atom. The Kier molecular flexibility index (Phi) is 6.75. The number of amides is 1. The maximum atomic E-state index is 13.0. The molecule has 2 aromatic carbocycles. The van der Waals surface area contributed by atoms with Crippen LogP contribution in [-0.4, -0.2) is 24.4 Å². The zero-order valence-electron chi connectivity index (χ0n) is 16.2. The summed E-state index contributed by atoms with van der Waals surface area (Å²) < 4.78 is 11.2. The van der Waals surface area contributed by atoms with Crippen LogP contribution in [0.3, 0.4) is 0 Å². The average Bonchev–Trinajstić information content (AvgIpc) is 2.99. The molecule has 28 heavy (non-hydrogen) atoms. The molecule has 0 aromatic heterocycles. The second-order valence-corrected chi connectivity index (χ2v) is 8.07. The Morgan fingerprint density at radius 3 is 2.50 bits per heavy atom. The summed E-state index contributed by atoms with van der Waals surface area (Å²) in [6.45, 7) is 2.18. The van der Waals surface area contributed by atoms with Crippen LogP contribution in [0.25, 0.3) is 6.08 Å². The second-order valence-electron chi connectivity index (χ2n) is 6.40. The topological polar surface area (TPSA) is 38.8 Å². The zero-order chi connectivity index (χ0) is 20.1. The number of methoxy groups -OCH3 is 2. The molecule has 0 bridgehead atoms. The normalized spacial score (nSPS) is 15.4. The zero-order valence-corrected chi connectivity index (χ0v) is 17.9. The van der Waals surface area contributed by atoms with Gasteiger partial charge in [0.1, 0.15) is 11.5 Å². The summed E-state index contributed by atoms with van der Waals surface area (Å²) in [7, 11) is 3.21. The van der Waals surface area contributed by atoms with Gasteiger partial charge in [-0.2, -0.15) is 0 Å². The van der Waals surface area contributed by atoms with Gasteiger partial charge >= 0.3 is 0 Å². The van der Waals surface area contributed by atoms with E-state index < -0.39 is 0 Å². The van der Waals surface area contributed by atoms with E-state index >= 15 is 0 Å². The summed E-state index contributed by atoms with van der Waals surface area (Å²) in [4.78, 5) is 15.2. The van der Waals surface area contributed by atoms with Gasteiger partial charge in [0.05, 0.1) is 24.8 Å². The summed E-state index contributed by atoms with van der Waals surface area (Å²) in [6.07, 6.45) is 5.17. The van der Waals surface area contributed by atoms with Gasteiger partial charge in [0.15, 0.2) is 4.32 Å². The third-order valence-corrected chi connectivity index (χ3v) is 5.83. The molecule has 0 atom stereocenters. The molecule has 0 N–H and O–H groups in total. The smallest absolute Gasteiger partial charge is 0.270 e. The van der Waals surface area contributed by atoms with Gasteiger partial charge in [0.2, 0.25) is 0 Å². The standard InChI is InChI=1S/C22H23NO3S2/c1-4-5-6-15-7-9-17(10-8-15)23-21(24)20(28-22(23)27)14-16-13-18(25-2)11-12-19(16)26-3/h7-14H,4-6H2,1-3H3. The number of hydrogen-bond acceptors (Lipinski definition) is 5. The molecule has 0 saturated carbocycles. The largest absolute Gasteiger partial charge is 0.497 e. The van der Waals surface area contributed by atoms with Crippen LogP contribution < -0.4 is 14.4 Å². The summed E-state index contributed by atoms with van der Waals surface area (Å²) >= 11 is 6.77. The Balaban J connectivity index is 1.87. The van der Waals surface area contributed by atoms with E-state index in [1.54, 1.807) is 25.2 Å². The Morgan fingerprint density at radius 1 is 1.11 bits per heavy atom. The van der Waals surface area contributed by atoms with Crippen LogP contribution in [0.2, 0.25) is 0 Å². The predicted molar refractivity (Wildman–Crippen MR) is 120 cm³/mol. The monoisotopic (exact) mass is 413 g/mol. The minimum absolute atomic E-state index is 0.124. The number of ether oxygens (including phenoxy) is 2. The van der Waals surface area contributed by atoms with E-state index in [-0.39, 0.29) is 5.91 Å². The van der Waals surface area contributed by atoms with Gasteiger partial charge in [-0.1, -0.05) is 49.5 Å². The highest BCUT2D eigenvalue weighted by molar-refractivity contribution is 8.27. The highest BCUT2D eigenvalue weighted by Crippen LogP contribution is 2.37. The van der Waals surface area contributed by atoms with Crippen molar-refractivity contribution >= 4 is 46.0 Å². The van der Waals surface area contributed by atoms with E-state index in [9.17, 15) is 4.79 Å². The van der Waals surface area contributed by atoms with Gasteiger partial charge in [-0.25, -0.2) is 0 Å². The molecule has 146 valence electrons. The number of thioether (sulfide) groups is 1. The number of rotatable bonds is 7. The van der Waals surface area contributed by atoms with Crippen LogP contribution in [0.5, 0.6) is 11.5 Å². The number of aryl methyl sites for hydroxylation is 1. The van der Waals surface area contributed by atoms with Gasteiger partial charge in [-0.05, 0) is 54.8 Å². The summed E-state index contributed by atoms with van der Waals surface area (Å²) in [5.74, 6) is 1.25. The van der Waals surface area contributed by atoms with E-state index in [2.05, 4.69) is 19.1 Å². The number of carbonyl (C=O) groups excluding carboxylic acids is 1. The lowest BCUT2D eigenvalue weighted by Gasteiger charge is -2.15. The van der Waals surface area contributed by atoms with Crippen LogP contribution in [-0.2, 0) is 11.2 Å². The molecule has 1 fully saturated rings. The molecule has 1 saturated heterocycles. The lowest BCUT2D eigenvalue weighted by atomic mass is 10.1. The highest BCUT2D eigenvalue weighted by Gasteiger charge is 2.33. The van der Waals surface area contributed by atoms with Crippen LogP contribution in [0.1, 0.15) is 30.9 Å². The molecule has 3 rings (SSSR count). The van der Waals surface area contributed by atoms with Gasteiger partial charge in [0, 0.05) is 5.56 Å². The van der Waals surface area contributed by atoms with Crippen molar-refractivity contribution in [2.24, 2.45) is 0 Å². The van der Waals surface area contributed by atoms with Gasteiger partial charge < -0.3 is 9.47 Å². The lowest BCUT2D eigenvalue weighted by molar-refractivity contribution is -0.113. The van der Waals surface area contributed by atoms with Gasteiger partial charge in [-0.15, -0.1) is 0 Å². The number of anilines is 1. The second kappa shape index (κ2) is 9.26. The molecule has 2 aromatic rings. The van der Waals surface area contributed by atoms with Crippen molar-refractivity contribution < 1.29 is 14.3 Å². The van der Waals surface area contributed by atoms with Crippen LogP contribution >= 0.6 is 24.0 Å². The Hall–Kier alpha value is -2.31. The maximum absolute atomic E-state index is 13.0. The number of benzene rings is 2. The molecule has 4 nitrogen and oxygen atoms in total. The molecule has 6 heteroatoms. The predicted octanol–water partition coefficient (Wildman–Crippen LogP) is 5.45. The average molecular weight is 414 g/mol. The molecule has 0 radical (unpaired) electrons. The SMILES string of the molecule is CCCCc1ccc(N2C(=O)C(=Cc3cc(OC)ccc3OC)SC2=S)cc1. The minimum atomic E-state index is -0.124. The first kappa shape index (κ1) is 20.4. The molecular formula is C22H23NO3S2. The van der Waals surface area contributed by atoms with Crippen molar-refractivity contribution in [2.45, 2.75) is 26.2 Å². The lowest BCUT2D eigenvalue weighted by Crippen LogP contribution is -2.27. The molecule has 1 heterocycles. The fourth-order valence-electron chi connectivity index (χ4n) is 2.98. The first-order valence-electron chi connectivity index (χ1n) is 9.16. The van der Waals surface area contributed by atoms with Gasteiger partial charge in [-0.3, -0.25) is 9.69 Å². The minimum Gasteiger partial charge on any atom is -0.497 e. The third kappa shape index (κ3) is 4.39. The third-order valence-electron chi connectivity index (χ3n) is 4.53. The molecule has 0 spiro atoms. The van der Waals surface area contributed by atoms with Gasteiger partial charge in [0.25, 0.3) is 5.91 Å². The van der Waals surface area contributed by atoms with Crippen LogP contribution in [0, 0.1) is 0 Å². The van der Waals surface area contributed by atoms with Crippen molar-refractivity contribution in [1.82, 2.24) is 0 Å². The number of unbranched alkanes of at least 4 members (excludes halogenated alkanes) is 1. The Bertz CT molecular complexity index is 906. The van der Waals surface area contributed by atoms with Crippen molar-refractivity contribution in [3.63, 3.8) is 0 Å². The molecular weight excluding hydrogens is 390 g/mol. The summed E-state index contributed by atoms with van der Waals surface area (Å²) in [5, 5.41) is 0. The molecule has 1 aliphatic heterocycles. The number of nitrogens with zero attached hydrogens (tertiary/aromatic N) is 1. The quantitative estimate of drug-likeness (QED) is 0.446. The Labute approximate surface area is 175 Å². The van der Waals surface area contributed by atoms with Crippen molar-refractivity contribution in [3.05, 3.63) is 58.5 Å². The maximum Gasteiger partial charge on any atom is 0.270 e. The van der Waals surface area contributed by atoms with E-state index in [0.29, 0.717) is 20.7 Å². The summed E-state index contributed by atoms with van der Waals surface area (Å²) in [6, 6.07) is 13.5. The van der Waals surface area contributed by atoms with Crippen LogP contribution in [0.4, 0.5) is 5.69 Å². The fraction of sp³-hybridized carbons (Fsp3) is 0.273. The first-order valence-corrected chi connectivity index (χ1v) is 10.4. The van der Waals surface area contributed by atoms with E-state index in [1.165, 1.54) is 17.3 Å². The van der Waals surface area contributed by atoms with Crippen molar-refractivity contribution in [3.8, 4) is 11.5 Å². The molecule has 1 aliphatic rings. The number of hydrogen-bond donors (Lipinski definition) is 0. The van der Waals surface area contributed by atoms with Crippen molar-refractivity contribution in [1.29, 1.82) is 0 Å². The molecule has 1 amide bonds. The summed E-state index contributed by atoms with van der Waals surface area (Å²) in [5.41, 5.74) is 2.84. The van der Waals surface area contributed by atoms with Crippen molar-refractivity contribution in [2.75, 3.05) is 19.1 Å². The van der Waals surface area contributed by atoms with E-state index in [0.717, 1.165) is 30.5 Å². The molecule has 0 unspecified atom stereocenters. The number of thiocarbonyl (C=S) groups is 1. The number of carbonyl (C=O) groups is 1.